The molecule has 0 saturated carbocycles. The summed E-state index contributed by atoms with van der Waals surface area (Å²) in [6, 6.07) is 4.72. The van der Waals surface area contributed by atoms with Gasteiger partial charge in [-0.15, -0.1) is 0 Å². The molecule has 0 aromatic heterocycles. The van der Waals surface area contributed by atoms with Crippen molar-refractivity contribution >= 4 is 11.6 Å². The summed E-state index contributed by atoms with van der Waals surface area (Å²) in [6.07, 6.45) is 2.64. The third-order valence-corrected chi connectivity index (χ3v) is 2.87. The van der Waals surface area contributed by atoms with Crippen molar-refractivity contribution < 1.29 is 14.3 Å². The van der Waals surface area contributed by atoms with Crippen molar-refractivity contribution in [3.63, 3.8) is 0 Å². The minimum absolute atomic E-state index is 0.197. The summed E-state index contributed by atoms with van der Waals surface area (Å²) in [7, 11) is 3.12. The lowest BCUT2D eigenvalue weighted by Crippen LogP contribution is -2.35. The number of carbonyl (C=O) groups is 1. The van der Waals surface area contributed by atoms with Gasteiger partial charge >= 0.3 is 0 Å². The zero-order valence-corrected chi connectivity index (χ0v) is 11.7. The maximum Gasteiger partial charge on any atom is 0.241 e. The highest BCUT2D eigenvalue weighted by atomic mass is 16.5. The standard InChI is InChI=1S/C14H22N2O3/c1-4-5-6-11(15)14(17)16-12-8-7-10(18-2)9-13(12)19-3/h7-9,11H,4-6,15H2,1-3H3,(H,16,17)/t11-/m0/s1. The summed E-state index contributed by atoms with van der Waals surface area (Å²) < 4.78 is 10.3. The molecule has 1 rings (SSSR count). The largest absolute Gasteiger partial charge is 0.497 e. The summed E-state index contributed by atoms with van der Waals surface area (Å²) in [5, 5.41) is 2.78. The van der Waals surface area contributed by atoms with Gasteiger partial charge in [-0.2, -0.15) is 0 Å². The Morgan fingerprint density at radius 2 is 2.11 bits per heavy atom. The van der Waals surface area contributed by atoms with E-state index >= 15 is 0 Å². The Hall–Kier alpha value is -1.75. The first kappa shape index (κ1) is 15.3. The Labute approximate surface area is 114 Å². The van der Waals surface area contributed by atoms with E-state index in [0.717, 1.165) is 12.8 Å². The number of rotatable bonds is 7. The van der Waals surface area contributed by atoms with Crippen molar-refractivity contribution in [3.05, 3.63) is 18.2 Å². The van der Waals surface area contributed by atoms with E-state index in [1.165, 1.54) is 0 Å². The molecular formula is C14H22N2O3. The number of nitrogens with two attached hydrogens (primary N) is 1. The highest BCUT2D eigenvalue weighted by Gasteiger charge is 2.15. The fraction of sp³-hybridized carbons (Fsp3) is 0.500. The van der Waals surface area contributed by atoms with Crippen LogP contribution in [0.3, 0.4) is 0 Å². The number of benzene rings is 1. The second kappa shape index (κ2) is 7.63. The van der Waals surface area contributed by atoms with E-state index in [1.807, 2.05) is 0 Å². The van der Waals surface area contributed by atoms with Crippen molar-refractivity contribution in [2.24, 2.45) is 5.73 Å². The van der Waals surface area contributed by atoms with Gasteiger partial charge in [-0.25, -0.2) is 0 Å². The Balaban J connectivity index is 2.73. The fourth-order valence-electron chi connectivity index (χ4n) is 1.68. The van der Waals surface area contributed by atoms with Crippen LogP contribution >= 0.6 is 0 Å². The summed E-state index contributed by atoms with van der Waals surface area (Å²) >= 11 is 0. The second-order valence-corrected chi connectivity index (χ2v) is 4.30. The molecular weight excluding hydrogens is 244 g/mol. The van der Waals surface area contributed by atoms with Gasteiger partial charge in [0.25, 0.3) is 0 Å². The summed E-state index contributed by atoms with van der Waals surface area (Å²) in [4.78, 5) is 11.9. The summed E-state index contributed by atoms with van der Waals surface area (Å²) in [5.74, 6) is 1.03. The number of unbranched alkanes of at least 4 members (excludes halogenated alkanes) is 1. The highest BCUT2D eigenvalue weighted by Crippen LogP contribution is 2.29. The molecule has 1 atom stereocenters. The second-order valence-electron chi connectivity index (χ2n) is 4.30. The van der Waals surface area contributed by atoms with Crippen molar-refractivity contribution in [1.82, 2.24) is 0 Å². The molecule has 1 aromatic carbocycles. The van der Waals surface area contributed by atoms with Crippen LogP contribution in [0.1, 0.15) is 26.2 Å². The van der Waals surface area contributed by atoms with Gasteiger partial charge in [0.15, 0.2) is 0 Å². The van der Waals surface area contributed by atoms with Crippen LogP contribution in [0.2, 0.25) is 0 Å². The van der Waals surface area contributed by atoms with E-state index in [0.29, 0.717) is 23.6 Å². The minimum atomic E-state index is -0.494. The van der Waals surface area contributed by atoms with Crippen LogP contribution in [0, 0.1) is 0 Å². The summed E-state index contributed by atoms with van der Waals surface area (Å²) in [6.45, 7) is 2.07. The number of anilines is 1. The topological polar surface area (TPSA) is 73.6 Å². The van der Waals surface area contributed by atoms with E-state index in [9.17, 15) is 4.79 Å². The number of carbonyl (C=O) groups excluding carboxylic acids is 1. The average molecular weight is 266 g/mol. The molecule has 0 aliphatic rings. The zero-order valence-electron chi connectivity index (χ0n) is 11.7. The molecule has 5 nitrogen and oxygen atoms in total. The molecule has 0 aliphatic heterocycles. The molecule has 3 N–H and O–H groups in total. The van der Waals surface area contributed by atoms with Gasteiger partial charge in [0.1, 0.15) is 11.5 Å². The van der Waals surface area contributed by atoms with Crippen LogP contribution in [0.15, 0.2) is 18.2 Å². The van der Waals surface area contributed by atoms with Gasteiger partial charge < -0.3 is 20.5 Å². The van der Waals surface area contributed by atoms with E-state index in [-0.39, 0.29) is 5.91 Å². The Morgan fingerprint density at radius 1 is 1.37 bits per heavy atom. The molecule has 0 bridgehead atoms. The Bertz CT molecular complexity index is 421. The molecule has 5 heteroatoms. The van der Waals surface area contributed by atoms with Gasteiger partial charge in [0.2, 0.25) is 5.91 Å². The average Bonchev–Trinajstić information content (AvgIpc) is 2.44. The molecule has 0 fully saturated rings. The van der Waals surface area contributed by atoms with Crippen LogP contribution in [0.4, 0.5) is 5.69 Å². The Kier molecular flexibility index (Phi) is 6.15. The molecule has 106 valence electrons. The number of amides is 1. The third kappa shape index (κ3) is 4.44. The van der Waals surface area contributed by atoms with Crippen LogP contribution < -0.4 is 20.5 Å². The number of hydrogen-bond donors (Lipinski definition) is 2. The van der Waals surface area contributed by atoms with E-state index in [2.05, 4.69) is 12.2 Å². The SMILES string of the molecule is CCCC[C@H](N)C(=O)Nc1ccc(OC)cc1OC. The first-order chi connectivity index (χ1) is 9.12. The first-order valence-electron chi connectivity index (χ1n) is 6.40. The van der Waals surface area contributed by atoms with Crippen molar-refractivity contribution in [2.45, 2.75) is 32.2 Å². The fourth-order valence-corrected chi connectivity index (χ4v) is 1.68. The molecule has 19 heavy (non-hydrogen) atoms. The molecule has 1 amide bonds. The molecule has 0 radical (unpaired) electrons. The maximum absolute atomic E-state index is 11.9. The van der Waals surface area contributed by atoms with Gasteiger partial charge in [-0.1, -0.05) is 19.8 Å². The molecule has 0 heterocycles. The molecule has 1 aromatic rings. The smallest absolute Gasteiger partial charge is 0.241 e. The van der Waals surface area contributed by atoms with Crippen LogP contribution in [0.5, 0.6) is 11.5 Å². The molecule has 0 aliphatic carbocycles. The quantitative estimate of drug-likeness (QED) is 0.793. The number of hydrogen-bond acceptors (Lipinski definition) is 4. The number of nitrogens with one attached hydrogen (secondary N) is 1. The lowest BCUT2D eigenvalue weighted by molar-refractivity contribution is -0.117. The maximum atomic E-state index is 11.9. The van der Waals surface area contributed by atoms with Crippen molar-refractivity contribution in [3.8, 4) is 11.5 Å². The van der Waals surface area contributed by atoms with Gasteiger partial charge in [-0.3, -0.25) is 4.79 Å². The highest BCUT2D eigenvalue weighted by molar-refractivity contribution is 5.96. The normalized spacial score (nSPS) is 11.8. The zero-order chi connectivity index (χ0) is 14.3. The van der Waals surface area contributed by atoms with Crippen molar-refractivity contribution in [1.29, 1.82) is 0 Å². The number of methoxy groups -OCH3 is 2. The lowest BCUT2D eigenvalue weighted by Gasteiger charge is -2.14. The van der Waals surface area contributed by atoms with Gasteiger partial charge in [0, 0.05) is 6.07 Å². The minimum Gasteiger partial charge on any atom is -0.497 e. The third-order valence-electron chi connectivity index (χ3n) is 2.87. The van der Waals surface area contributed by atoms with Crippen LogP contribution in [-0.4, -0.2) is 26.2 Å². The van der Waals surface area contributed by atoms with Crippen molar-refractivity contribution in [2.75, 3.05) is 19.5 Å². The predicted molar refractivity (Wildman–Crippen MR) is 75.7 cm³/mol. The van der Waals surface area contributed by atoms with Crippen LogP contribution in [0.25, 0.3) is 0 Å². The Morgan fingerprint density at radius 3 is 2.68 bits per heavy atom. The lowest BCUT2D eigenvalue weighted by atomic mass is 10.1. The molecule has 0 spiro atoms. The van der Waals surface area contributed by atoms with E-state index < -0.39 is 6.04 Å². The predicted octanol–water partition coefficient (Wildman–Crippen LogP) is 2.16. The monoisotopic (exact) mass is 266 g/mol. The van der Waals surface area contributed by atoms with Gasteiger partial charge in [-0.05, 0) is 18.6 Å². The van der Waals surface area contributed by atoms with Crippen LogP contribution in [-0.2, 0) is 4.79 Å². The molecule has 0 saturated heterocycles. The first-order valence-corrected chi connectivity index (χ1v) is 6.40. The number of ether oxygens (including phenoxy) is 2. The van der Waals surface area contributed by atoms with Gasteiger partial charge in [0.05, 0.1) is 25.9 Å². The summed E-state index contributed by atoms with van der Waals surface area (Å²) in [5.41, 5.74) is 6.42. The van der Waals surface area contributed by atoms with E-state index in [4.69, 9.17) is 15.2 Å². The van der Waals surface area contributed by atoms with E-state index in [1.54, 1.807) is 32.4 Å². The molecule has 0 unspecified atom stereocenters.